The molecular weight excluding hydrogens is 463 g/mol. The van der Waals surface area contributed by atoms with Crippen molar-refractivity contribution in [2.75, 3.05) is 7.11 Å². The molecule has 0 saturated heterocycles. The number of hydrogen-bond acceptors (Lipinski definition) is 5. The summed E-state index contributed by atoms with van der Waals surface area (Å²) in [5, 5.41) is 21.5. The van der Waals surface area contributed by atoms with Gasteiger partial charge in [0.05, 0.1) is 23.7 Å². The number of ether oxygens (including phenoxy) is 1. The first kappa shape index (κ1) is 26.4. The lowest BCUT2D eigenvalue weighted by molar-refractivity contribution is -0.140. The van der Waals surface area contributed by atoms with Gasteiger partial charge in [-0.2, -0.15) is 0 Å². The molecule has 3 rings (SSSR count). The van der Waals surface area contributed by atoms with Gasteiger partial charge in [-0.3, -0.25) is 4.79 Å². The Hall–Kier alpha value is -1.21. The summed E-state index contributed by atoms with van der Waals surface area (Å²) in [5.41, 5.74) is -0.272. The van der Waals surface area contributed by atoms with Crippen LogP contribution in [0.1, 0.15) is 63.2 Å². The Bertz CT molecular complexity index is 840. The molecule has 7 heteroatoms. The van der Waals surface area contributed by atoms with E-state index in [-0.39, 0.29) is 29.6 Å². The van der Waals surface area contributed by atoms with Crippen LogP contribution in [0.2, 0.25) is 4.34 Å². The van der Waals surface area contributed by atoms with Crippen LogP contribution in [0.3, 0.4) is 0 Å². The summed E-state index contributed by atoms with van der Waals surface area (Å²) in [6.45, 7) is 2.17. The van der Waals surface area contributed by atoms with Gasteiger partial charge in [-0.05, 0) is 56.6 Å². The van der Waals surface area contributed by atoms with Crippen molar-refractivity contribution in [1.82, 2.24) is 0 Å². The van der Waals surface area contributed by atoms with Gasteiger partial charge in [-0.25, -0.2) is 4.39 Å². The molecule has 1 aromatic heterocycles. The van der Waals surface area contributed by atoms with Gasteiger partial charge in [0.1, 0.15) is 6.17 Å². The van der Waals surface area contributed by atoms with Gasteiger partial charge in [0, 0.05) is 35.0 Å². The second-order valence-corrected chi connectivity index (χ2v) is 11.2. The van der Waals surface area contributed by atoms with Crippen molar-refractivity contribution in [2.24, 2.45) is 17.8 Å². The van der Waals surface area contributed by atoms with E-state index in [1.807, 2.05) is 36.4 Å². The number of alkyl halides is 1. The lowest BCUT2D eigenvalue weighted by Gasteiger charge is -2.50. The molecule has 1 aromatic rings. The van der Waals surface area contributed by atoms with Gasteiger partial charge in [-0.15, -0.1) is 11.3 Å². The highest BCUT2D eigenvalue weighted by molar-refractivity contribution is 7.16. The first-order valence-corrected chi connectivity index (χ1v) is 13.1. The Balaban J connectivity index is 1.56. The second kappa shape index (κ2) is 12.0. The molecule has 0 radical (unpaired) electrons. The van der Waals surface area contributed by atoms with E-state index in [0.29, 0.717) is 31.6 Å². The molecule has 2 saturated carbocycles. The molecule has 2 aliphatic rings. The Kier molecular flexibility index (Phi) is 9.57. The quantitative estimate of drug-likeness (QED) is 0.223. The molecule has 0 aliphatic heterocycles. The third-order valence-corrected chi connectivity index (χ3v) is 9.06. The van der Waals surface area contributed by atoms with Gasteiger partial charge in [0.25, 0.3) is 0 Å². The summed E-state index contributed by atoms with van der Waals surface area (Å²) in [6, 6.07) is 3.91. The first-order chi connectivity index (χ1) is 15.8. The number of esters is 1. The maximum atomic E-state index is 14.6. The topological polar surface area (TPSA) is 66.8 Å². The van der Waals surface area contributed by atoms with Crippen molar-refractivity contribution in [3.05, 3.63) is 45.7 Å². The Labute approximate surface area is 205 Å². The number of methoxy groups -OCH3 is 1. The van der Waals surface area contributed by atoms with E-state index in [4.69, 9.17) is 11.6 Å². The molecule has 0 amide bonds. The van der Waals surface area contributed by atoms with E-state index in [1.54, 1.807) is 0 Å². The molecule has 184 valence electrons. The fourth-order valence-electron chi connectivity index (χ4n) is 5.41. The largest absolute Gasteiger partial charge is 0.469 e. The number of rotatable bonds is 11. The third-order valence-electron chi connectivity index (χ3n) is 7.64. The average molecular weight is 499 g/mol. The molecule has 33 heavy (non-hydrogen) atoms. The molecule has 0 aromatic carbocycles. The maximum absolute atomic E-state index is 14.6. The van der Waals surface area contributed by atoms with Crippen LogP contribution in [-0.2, 0) is 14.9 Å². The highest BCUT2D eigenvalue weighted by Gasteiger charge is 2.51. The minimum absolute atomic E-state index is 0.146. The van der Waals surface area contributed by atoms with Crippen LogP contribution in [-0.4, -0.2) is 41.7 Å². The summed E-state index contributed by atoms with van der Waals surface area (Å²) >= 11 is 7.70. The van der Waals surface area contributed by atoms with Crippen molar-refractivity contribution in [3.8, 4) is 0 Å². The molecule has 1 heterocycles. The van der Waals surface area contributed by atoms with Gasteiger partial charge >= 0.3 is 5.97 Å². The predicted octanol–water partition coefficient (Wildman–Crippen LogP) is 6.00. The number of carbonyl (C=O) groups excluding carboxylic acids is 1. The molecule has 0 bridgehead atoms. The highest BCUT2D eigenvalue weighted by Crippen LogP contribution is 2.54. The number of hydrogen-bond donors (Lipinski definition) is 2. The van der Waals surface area contributed by atoms with E-state index in [9.17, 15) is 19.4 Å². The molecule has 7 atom stereocenters. The van der Waals surface area contributed by atoms with Crippen LogP contribution in [0.15, 0.2) is 36.4 Å². The molecule has 2 aliphatic carbocycles. The summed E-state index contributed by atoms with van der Waals surface area (Å²) in [5.74, 6) is -0.394. The van der Waals surface area contributed by atoms with Crippen molar-refractivity contribution in [3.63, 3.8) is 0 Å². The van der Waals surface area contributed by atoms with Crippen LogP contribution in [0.25, 0.3) is 0 Å². The zero-order valence-corrected chi connectivity index (χ0v) is 21.0. The van der Waals surface area contributed by atoms with E-state index >= 15 is 0 Å². The smallest absolute Gasteiger partial charge is 0.305 e. The minimum atomic E-state index is -1.05. The predicted molar refractivity (Wildman–Crippen MR) is 131 cm³/mol. The van der Waals surface area contributed by atoms with Crippen molar-refractivity contribution in [2.45, 2.75) is 82.1 Å². The Morgan fingerprint density at radius 3 is 2.79 bits per heavy atom. The highest BCUT2D eigenvalue weighted by atomic mass is 35.5. The van der Waals surface area contributed by atoms with Crippen LogP contribution < -0.4 is 0 Å². The van der Waals surface area contributed by atoms with E-state index in [2.05, 4.69) is 11.7 Å². The number of halogens is 2. The molecule has 2 fully saturated rings. The number of unbranched alkanes of at least 4 members (excludes halogenated alkanes) is 1. The third kappa shape index (κ3) is 6.08. The lowest BCUT2D eigenvalue weighted by atomic mass is 9.56. The number of aliphatic hydroxyl groups excluding tert-OH is 2. The van der Waals surface area contributed by atoms with E-state index < -0.39 is 18.4 Å². The fourth-order valence-corrected chi connectivity index (χ4v) is 6.83. The zero-order valence-electron chi connectivity index (χ0n) is 19.5. The van der Waals surface area contributed by atoms with Crippen LogP contribution >= 0.6 is 22.9 Å². The van der Waals surface area contributed by atoms with Gasteiger partial charge in [0.15, 0.2) is 0 Å². The van der Waals surface area contributed by atoms with Crippen molar-refractivity contribution < 1.29 is 24.1 Å². The summed E-state index contributed by atoms with van der Waals surface area (Å²) in [4.78, 5) is 12.3. The Morgan fingerprint density at radius 2 is 2.18 bits per heavy atom. The molecular formula is C26H36ClFO4S. The van der Waals surface area contributed by atoms with Crippen LogP contribution in [0.5, 0.6) is 0 Å². The van der Waals surface area contributed by atoms with Gasteiger partial charge in [-0.1, -0.05) is 42.8 Å². The fraction of sp³-hybridized carbons (Fsp3) is 0.654. The van der Waals surface area contributed by atoms with E-state index in [0.717, 1.165) is 28.5 Å². The molecule has 4 nitrogen and oxygen atoms in total. The van der Waals surface area contributed by atoms with Gasteiger partial charge in [0.2, 0.25) is 0 Å². The monoisotopic (exact) mass is 498 g/mol. The molecule has 2 N–H and O–H groups in total. The SMILES string of the molecule is COC(=O)CCCC=CC[C@H]1C(F)C[C@@H](O)[C@@H]1C=CCC(O)C1(c2ccc(Cl)s2)CCC1C. The van der Waals surface area contributed by atoms with Gasteiger partial charge < -0.3 is 14.9 Å². The molecule has 4 unspecified atom stereocenters. The maximum Gasteiger partial charge on any atom is 0.305 e. The van der Waals surface area contributed by atoms with Crippen LogP contribution in [0, 0.1) is 17.8 Å². The normalized spacial score (nSPS) is 33.0. The number of carbonyl (C=O) groups is 1. The van der Waals surface area contributed by atoms with E-state index in [1.165, 1.54) is 18.4 Å². The summed E-state index contributed by atoms with van der Waals surface area (Å²) in [6.07, 6.45) is 10.4. The number of thiophene rings is 1. The number of allylic oxidation sites excluding steroid dienone is 2. The zero-order chi connectivity index (χ0) is 24.0. The van der Waals surface area contributed by atoms with Crippen molar-refractivity contribution >= 4 is 28.9 Å². The summed E-state index contributed by atoms with van der Waals surface area (Å²) < 4.78 is 19.9. The first-order valence-electron chi connectivity index (χ1n) is 11.9. The second-order valence-electron chi connectivity index (χ2n) is 9.50. The Morgan fingerprint density at radius 1 is 1.39 bits per heavy atom. The number of aliphatic hydroxyl groups is 2. The standard InChI is InChI=1S/C26H36ClFO4S/c1-17-14-15-26(17,23-12-13-24(27)33-23)22(30)10-7-9-19-18(20(28)16-21(19)29)8-5-3-4-6-11-25(31)32-2/h3,5,7,9,12-13,17-22,29-30H,4,6,8,10-11,14-16H2,1-2H3/t17?,18-,19-,20?,21-,22?,26?/m1/s1. The lowest BCUT2D eigenvalue weighted by Crippen LogP contribution is -2.51. The average Bonchev–Trinajstić information content (AvgIpc) is 3.32. The minimum Gasteiger partial charge on any atom is -0.469 e. The molecule has 0 spiro atoms. The van der Waals surface area contributed by atoms with Crippen molar-refractivity contribution in [1.29, 1.82) is 0 Å². The summed E-state index contributed by atoms with van der Waals surface area (Å²) in [7, 11) is 1.38. The van der Waals surface area contributed by atoms with Crippen LogP contribution in [0.4, 0.5) is 4.39 Å².